The third kappa shape index (κ3) is 4.11. The second-order valence-electron chi connectivity index (χ2n) is 4.04. The number of carbonyl (C=O) groups excluding carboxylic acids is 1. The van der Waals surface area contributed by atoms with E-state index < -0.39 is 23.9 Å². The van der Waals surface area contributed by atoms with Crippen LogP contribution >= 0.6 is 23.1 Å². The van der Waals surface area contributed by atoms with Gasteiger partial charge in [0.1, 0.15) is 6.54 Å². The molecule has 20 heavy (non-hydrogen) atoms. The number of hydrogen-bond acceptors (Lipinski definition) is 4. The van der Waals surface area contributed by atoms with E-state index in [0.29, 0.717) is 4.34 Å². The molecule has 0 aliphatic rings. The highest BCUT2D eigenvalue weighted by Gasteiger charge is 2.29. The normalized spacial score (nSPS) is 13.4. The summed E-state index contributed by atoms with van der Waals surface area (Å²) < 4.78 is 37.7. The summed E-state index contributed by atoms with van der Waals surface area (Å²) in [5.41, 5.74) is 0.822. The van der Waals surface area contributed by atoms with Crippen molar-refractivity contribution in [2.45, 2.75) is 22.7 Å². The zero-order valence-electron chi connectivity index (χ0n) is 10.4. The van der Waals surface area contributed by atoms with Gasteiger partial charge in [0.25, 0.3) is 0 Å². The van der Waals surface area contributed by atoms with Crippen molar-refractivity contribution in [1.82, 2.24) is 10.3 Å². The maximum absolute atomic E-state index is 12.0. The van der Waals surface area contributed by atoms with Gasteiger partial charge >= 0.3 is 6.18 Å². The molecular formula is C12H11F3N2OS2. The molecule has 3 nitrogen and oxygen atoms in total. The van der Waals surface area contributed by atoms with Crippen molar-refractivity contribution >= 4 is 39.2 Å². The average molecular weight is 320 g/mol. The summed E-state index contributed by atoms with van der Waals surface area (Å²) in [6.45, 7) is 0.249. The molecule has 8 heteroatoms. The zero-order chi connectivity index (χ0) is 14.8. The van der Waals surface area contributed by atoms with Gasteiger partial charge in [0.05, 0.1) is 15.5 Å². The predicted molar refractivity (Wildman–Crippen MR) is 74.0 cm³/mol. The van der Waals surface area contributed by atoms with Crippen LogP contribution in [0.15, 0.2) is 28.6 Å². The number of para-hydroxylation sites is 1. The fraction of sp³-hybridized carbons (Fsp3) is 0.333. The van der Waals surface area contributed by atoms with Gasteiger partial charge in [-0.3, -0.25) is 4.79 Å². The van der Waals surface area contributed by atoms with Crippen LogP contribution in [0.3, 0.4) is 0 Å². The Labute approximate surface area is 121 Å². The second-order valence-corrected chi connectivity index (χ2v) is 6.66. The van der Waals surface area contributed by atoms with Crippen LogP contribution in [-0.4, -0.2) is 28.9 Å². The number of rotatable bonds is 4. The minimum Gasteiger partial charge on any atom is -0.346 e. The van der Waals surface area contributed by atoms with E-state index in [4.69, 9.17) is 0 Å². The van der Waals surface area contributed by atoms with Crippen LogP contribution in [0, 0.1) is 0 Å². The van der Waals surface area contributed by atoms with Crippen molar-refractivity contribution in [2.24, 2.45) is 0 Å². The summed E-state index contributed by atoms with van der Waals surface area (Å²) in [6, 6.07) is 7.50. The lowest BCUT2D eigenvalue weighted by Crippen LogP contribution is -2.37. The van der Waals surface area contributed by atoms with Crippen LogP contribution in [0.4, 0.5) is 13.2 Å². The number of amides is 1. The van der Waals surface area contributed by atoms with Gasteiger partial charge in [-0.25, -0.2) is 4.98 Å². The molecule has 1 aromatic carbocycles. The minimum atomic E-state index is -4.39. The maximum atomic E-state index is 12.0. The minimum absolute atomic E-state index is 0.627. The van der Waals surface area contributed by atoms with E-state index in [2.05, 4.69) is 4.98 Å². The largest absolute Gasteiger partial charge is 0.405 e. The molecule has 0 saturated heterocycles. The molecule has 1 aromatic heterocycles. The van der Waals surface area contributed by atoms with Crippen molar-refractivity contribution in [2.75, 3.05) is 6.54 Å². The first-order valence-corrected chi connectivity index (χ1v) is 7.41. The molecule has 1 N–H and O–H groups in total. The number of carbonyl (C=O) groups is 1. The number of thioether (sulfide) groups is 1. The summed E-state index contributed by atoms with van der Waals surface area (Å²) in [7, 11) is 0. The van der Waals surface area contributed by atoms with E-state index in [-0.39, 0.29) is 0 Å². The van der Waals surface area contributed by atoms with E-state index in [9.17, 15) is 18.0 Å². The number of thiazole rings is 1. The quantitative estimate of drug-likeness (QED) is 0.877. The van der Waals surface area contributed by atoms with E-state index >= 15 is 0 Å². The van der Waals surface area contributed by atoms with Crippen molar-refractivity contribution in [3.63, 3.8) is 0 Å². The molecule has 0 aliphatic heterocycles. The average Bonchev–Trinajstić information content (AvgIpc) is 2.76. The first-order chi connectivity index (χ1) is 9.35. The van der Waals surface area contributed by atoms with Crippen molar-refractivity contribution in [3.8, 4) is 0 Å². The highest BCUT2D eigenvalue weighted by molar-refractivity contribution is 8.02. The fourth-order valence-corrected chi connectivity index (χ4v) is 3.67. The zero-order valence-corrected chi connectivity index (χ0v) is 12.0. The van der Waals surface area contributed by atoms with E-state index in [1.807, 2.05) is 29.6 Å². The Bertz CT molecular complexity index is 579. The topological polar surface area (TPSA) is 42.0 Å². The van der Waals surface area contributed by atoms with Crippen LogP contribution in [0.5, 0.6) is 0 Å². The molecule has 1 amide bonds. The smallest absolute Gasteiger partial charge is 0.346 e. The van der Waals surface area contributed by atoms with Gasteiger partial charge in [0.15, 0.2) is 4.34 Å². The molecule has 1 heterocycles. The molecule has 108 valence electrons. The third-order valence-corrected chi connectivity index (χ3v) is 4.61. The van der Waals surface area contributed by atoms with Crippen molar-refractivity contribution in [3.05, 3.63) is 24.3 Å². The summed E-state index contributed by atoms with van der Waals surface area (Å²) in [5, 5.41) is 1.24. The molecular weight excluding hydrogens is 309 g/mol. The van der Waals surface area contributed by atoms with Crippen molar-refractivity contribution in [1.29, 1.82) is 0 Å². The number of aromatic nitrogens is 1. The Morgan fingerprint density at radius 3 is 2.80 bits per heavy atom. The first-order valence-electron chi connectivity index (χ1n) is 5.72. The third-order valence-electron chi connectivity index (χ3n) is 2.38. The number of nitrogens with zero attached hydrogens (tertiary/aromatic N) is 1. The SMILES string of the molecule is CC(Sc1nc2ccccc2s1)C(=O)NCC(F)(F)F. The summed E-state index contributed by atoms with van der Waals surface area (Å²) >= 11 is 2.57. The Morgan fingerprint density at radius 1 is 1.45 bits per heavy atom. The number of benzene rings is 1. The van der Waals surface area contributed by atoms with Crippen LogP contribution in [0.2, 0.25) is 0 Å². The first kappa shape index (κ1) is 15.1. The van der Waals surface area contributed by atoms with Crippen LogP contribution < -0.4 is 5.32 Å². The van der Waals surface area contributed by atoms with Crippen molar-refractivity contribution < 1.29 is 18.0 Å². The van der Waals surface area contributed by atoms with E-state index in [1.54, 1.807) is 6.92 Å². The standard InChI is InChI=1S/C12H11F3N2OS2/c1-7(10(18)16-6-12(13,14)15)19-11-17-8-4-2-3-5-9(8)20-11/h2-5,7H,6H2,1H3,(H,16,18). The number of alkyl halides is 3. The predicted octanol–water partition coefficient (Wildman–Crippen LogP) is 3.46. The lowest BCUT2D eigenvalue weighted by atomic mass is 10.3. The van der Waals surface area contributed by atoms with Crippen LogP contribution in [0.25, 0.3) is 10.2 Å². The number of halogens is 3. The Morgan fingerprint density at radius 2 is 2.15 bits per heavy atom. The summed E-state index contributed by atoms with van der Waals surface area (Å²) in [4.78, 5) is 15.9. The van der Waals surface area contributed by atoms with Gasteiger partial charge in [-0.1, -0.05) is 23.9 Å². The van der Waals surface area contributed by atoms with Gasteiger partial charge in [0.2, 0.25) is 5.91 Å². The van der Waals surface area contributed by atoms with Crippen LogP contribution in [-0.2, 0) is 4.79 Å². The van der Waals surface area contributed by atoms with E-state index in [1.165, 1.54) is 11.3 Å². The maximum Gasteiger partial charge on any atom is 0.405 e. The molecule has 0 saturated carbocycles. The molecule has 0 bridgehead atoms. The van der Waals surface area contributed by atoms with Gasteiger partial charge in [-0.05, 0) is 19.1 Å². The number of nitrogens with one attached hydrogen (secondary N) is 1. The molecule has 2 aromatic rings. The molecule has 0 fully saturated rings. The lowest BCUT2D eigenvalue weighted by Gasteiger charge is -2.11. The summed E-state index contributed by atoms with van der Waals surface area (Å²) in [5.74, 6) is -0.647. The van der Waals surface area contributed by atoms with Gasteiger partial charge in [0, 0.05) is 0 Å². The van der Waals surface area contributed by atoms with Gasteiger partial charge in [-0.2, -0.15) is 13.2 Å². The highest BCUT2D eigenvalue weighted by atomic mass is 32.2. The Hall–Kier alpha value is -1.28. The monoisotopic (exact) mass is 320 g/mol. The Balaban J connectivity index is 1.96. The Kier molecular flexibility index (Phi) is 4.54. The lowest BCUT2D eigenvalue weighted by molar-refractivity contribution is -0.137. The molecule has 0 radical (unpaired) electrons. The summed E-state index contributed by atoms with van der Waals surface area (Å²) in [6.07, 6.45) is -4.39. The van der Waals surface area contributed by atoms with E-state index in [0.717, 1.165) is 22.0 Å². The number of fused-ring (bicyclic) bond motifs is 1. The molecule has 2 rings (SSSR count). The molecule has 1 atom stereocenters. The van der Waals surface area contributed by atoms with Gasteiger partial charge in [-0.15, -0.1) is 11.3 Å². The highest BCUT2D eigenvalue weighted by Crippen LogP contribution is 2.31. The van der Waals surface area contributed by atoms with Crippen LogP contribution in [0.1, 0.15) is 6.92 Å². The van der Waals surface area contributed by atoms with Gasteiger partial charge < -0.3 is 5.32 Å². The molecule has 1 unspecified atom stereocenters. The fourth-order valence-electron chi connectivity index (χ4n) is 1.44. The molecule has 0 spiro atoms. The molecule has 0 aliphatic carbocycles. The second kappa shape index (κ2) is 6.01. The number of hydrogen-bond donors (Lipinski definition) is 1.